The van der Waals surface area contributed by atoms with E-state index >= 15 is 0 Å². The maximum Gasteiger partial charge on any atom is 0.134 e. The molecule has 0 atom stereocenters. The first kappa shape index (κ1) is 13.9. The predicted octanol–water partition coefficient (Wildman–Crippen LogP) is 4.14. The van der Waals surface area contributed by atoms with Gasteiger partial charge < -0.3 is 5.32 Å². The van der Waals surface area contributed by atoms with Crippen molar-refractivity contribution >= 4 is 28.3 Å². The quantitative estimate of drug-likeness (QED) is 0.814. The van der Waals surface area contributed by atoms with Crippen molar-refractivity contribution in [3.8, 4) is 0 Å². The summed E-state index contributed by atoms with van der Waals surface area (Å²) in [4.78, 5) is 1.35. The number of hydrogen-bond donors (Lipinski definition) is 1. The number of anilines is 1. The van der Waals surface area contributed by atoms with E-state index in [0.29, 0.717) is 0 Å². The lowest BCUT2D eigenvalue weighted by atomic mass is 10.1. The Morgan fingerprint density at radius 1 is 1.30 bits per heavy atom. The van der Waals surface area contributed by atoms with Crippen LogP contribution in [0, 0.1) is 0 Å². The van der Waals surface area contributed by atoms with Crippen LogP contribution in [0.2, 0.25) is 0 Å². The highest BCUT2D eigenvalue weighted by Gasteiger charge is 2.12. The Hall–Kier alpha value is -1.07. The largest absolute Gasteiger partial charge is 0.374 e. The van der Waals surface area contributed by atoms with Gasteiger partial charge in [0.05, 0.1) is 0 Å². The van der Waals surface area contributed by atoms with Crippen LogP contribution in [0.15, 0.2) is 23.1 Å². The molecule has 1 N–H and O–H groups in total. The van der Waals surface area contributed by atoms with Crippen LogP contribution in [-0.2, 0) is 18.6 Å². The van der Waals surface area contributed by atoms with Gasteiger partial charge >= 0.3 is 0 Å². The summed E-state index contributed by atoms with van der Waals surface area (Å²) in [7, 11) is 0. The fourth-order valence-corrected chi connectivity index (χ4v) is 4.06. The number of thioether (sulfide) groups is 1. The number of benzene rings is 1. The maximum atomic E-state index is 4.24. The molecule has 0 fully saturated rings. The molecular weight excluding hydrogens is 286 g/mol. The first-order valence-electron chi connectivity index (χ1n) is 7.16. The number of aromatic nitrogens is 2. The second-order valence-corrected chi connectivity index (χ2v) is 6.85. The SMILES string of the molecule is CCCNc1snnc1CSc1ccc2c(c1)CCC2. The fraction of sp³-hybridized carbons (Fsp3) is 0.467. The third-order valence-corrected chi connectivity index (χ3v) is 5.27. The third-order valence-electron chi connectivity index (χ3n) is 3.54. The minimum Gasteiger partial charge on any atom is -0.374 e. The molecule has 0 saturated heterocycles. The van der Waals surface area contributed by atoms with E-state index in [9.17, 15) is 0 Å². The molecule has 0 unspecified atom stereocenters. The van der Waals surface area contributed by atoms with Gasteiger partial charge in [-0.25, -0.2) is 0 Å². The van der Waals surface area contributed by atoms with Gasteiger partial charge in [0, 0.05) is 28.7 Å². The highest BCUT2D eigenvalue weighted by molar-refractivity contribution is 7.98. The van der Waals surface area contributed by atoms with Crippen molar-refractivity contribution in [3.05, 3.63) is 35.0 Å². The van der Waals surface area contributed by atoms with E-state index in [4.69, 9.17) is 0 Å². The molecule has 0 bridgehead atoms. The lowest BCUT2D eigenvalue weighted by Crippen LogP contribution is -2.00. The minimum atomic E-state index is 0.890. The predicted molar refractivity (Wildman–Crippen MR) is 86.7 cm³/mol. The normalized spacial score (nSPS) is 13.4. The van der Waals surface area contributed by atoms with Crippen LogP contribution in [0.25, 0.3) is 0 Å². The van der Waals surface area contributed by atoms with Crippen LogP contribution >= 0.6 is 23.3 Å². The fourth-order valence-electron chi connectivity index (χ4n) is 2.47. The molecule has 1 aromatic heterocycles. The molecule has 1 aliphatic carbocycles. The molecule has 3 rings (SSSR count). The highest BCUT2D eigenvalue weighted by Crippen LogP contribution is 2.31. The molecule has 0 amide bonds. The zero-order valence-electron chi connectivity index (χ0n) is 11.7. The second-order valence-electron chi connectivity index (χ2n) is 5.05. The van der Waals surface area contributed by atoms with Crippen molar-refractivity contribution in [1.82, 2.24) is 9.59 Å². The van der Waals surface area contributed by atoms with E-state index in [1.165, 1.54) is 46.8 Å². The number of fused-ring (bicyclic) bond motifs is 1. The molecule has 0 radical (unpaired) electrons. The molecule has 0 saturated carbocycles. The Labute approximate surface area is 128 Å². The van der Waals surface area contributed by atoms with E-state index < -0.39 is 0 Å². The summed E-state index contributed by atoms with van der Waals surface area (Å²) in [5.41, 5.74) is 4.15. The van der Waals surface area contributed by atoms with Crippen molar-refractivity contribution in [2.75, 3.05) is 11.9 Å². The summed E-state index contributed by atoms with van der Waals surface area (Å²) < 4.78 is 4.06. The molecule has 0 aliphatic heterocycles. The van der Waals surface area contributed by atoms with Gasteiger partial charge in [-0.1, -0.05) is 17.5 Å². The minimum absolute atomic E-state index is 0.890. The van der Waals surface area contributed by atoms with Crippen molar-refractivity contribution in [1.29, 1.82) is 0 Å². The van der Waals surface area contributed by atoms with Crippen LogP contribution < -0.4 is 5.32 Å². The summed E-state index contributed by atoms with van der Waals surface area (Å²) in [6, 6.07) is 6.89. The monoisotopic (exact) mass is 305 g/mol. The van der Waals surface area contributed by atoms with E-state index in [0.717, 1.165) is 29.4 Å². The summed E-state index contributed by atoms with van der Waals surface area (Å²) in [5, 5.41) is 8.77. The molecule has 5 heteroatoms. The van der Waals surface area contributed by atoms with Gasteiger partial charge in [-0.3, -0.25) is 0 Å². The number of aryl methyl sites for hydroxylation is 2. The van der Waals surface area contributed by atoms with E-state index in [1.807, 2.05) is 11.8 Å². The van der Waals surface area contributed by atoms with Crippen LogP contribution in [0.3, 0.4) is 0 Å². The molecule has 106 valence electrons. The molecule has 2 aromatic rings. The smallest absolute Gasteiger partial charge is 0.134 e. The van der Waals surface area contributed by atoms with Gasteiger partial charge in [0.2, 0.25) is 0 Å². The second kappa shape index (κ2) is 6.59. The van der Waals surface area contributed by atoms with Gasteiger partial charge in [-0.05, 0) is 48.9 Å². The molecular formula is C15H19N3S2. The van der Waals surface area contributed by atoms with Crippen LogP contribution in [-0.4, -0.2) is 16.1 Å². The first-order chi connectivity index (χ1) is 9.86. The van der Waals surface area contributed by atoms with Crippen LogP contribution in [0.1, 0.15) is 36.6 Å². The molecule has 0 spiro atoms. The van der Waals surface area contributed by atoms with Crippen molar-refractivity contribution in [2.45, 2.75) is 43.3 Å². The zero-order chi connectivity index (χ0) is 13.8. The Kier molecular flexibility index (Phi) is 4.58. The van der Waals surface area contributed by atoms with Gasteiger partial charge in [0.25, 0.3) is 0 Å². The zero-order valence-corrected chi connectivity index (χ0v) is 13.3. The average molecular weight is 305 g/mol. The van der Waals surface area contributed by atoms with Crippen molar-refractivity contribution < 1.29 is 0 Å². The Morgan fingerprint density at radius 3 is 3.10 bits per heavy atom. The number of nitrogens with one attached hydrogen (secondary N) is 1. The van der Waals surface area contributed by atoms with E-state index in [-0.39, 0.29) is 0 Å². The maximum absolute atomic E-state index is 4.24. The lowest BCUT2D eigenvalue weighted by molar-refractivity contribution is 0.911. The van der Waals surface area contributed by atoms with Crippen LogP contribution in [0.4, 0.5) is 5.00 Å². The number of nitrogens with zero attached hydrogens (tertiary/aromatic N) is 2. The summed E-state index contributed by atoms with van der Waals surface area (Å²) in [6.07, 6.45) is 4.92. The van der Waals surface area contributed by atoms with Gasteiger partial charge in [0.15, 0.2) is 0 Å². The number of rotatable bonds is 6. The topological polar surface area (TPSA) is 37.8 Å². The van der Waals surface area contributed by atoms with E-state index in [1.54, 1.807) is 0 Å². The Morgan fingerprint density at radius 2 is 2.20 bits per heavy atom. The molecule has 1 aliphatic rings. The lowest BCUT2D eigenvalue weighted by Gasteiger charge is -2.05. The van der Waals surface area contributed by atoms with E-state index in [2.05, 4.69) is 40.0 Å². The first-order valence-corrected chi connectivity index (χ1v) is 8.92. The van der Waals surface area contributed by atoms with Crippen molar-refractivity contribution in [3.63, 3.8) is 0 Å². The van der Waals surface area contributed by atoms with Gasteiger partial charge in [-0.2, -0.15) is 0 Å². The standard InChI is InChI=1S/C15H19N3S2/c1-2-8-16-15-14(17-18-20-15)10-19-13-7-6-11-4-3-5-12(11)9-13/h6-7,9,16H,2-5,8,10H2,1H3. The molecule has 20 heavy (non-hydrogen) atoms. The Balaban J connectivity index is 1.63. The summed E-state index contributed by atoms with van der Waals surface area (Å²) >= 11 is 3.32. The average Bonchev–Trinajstić information content (AvgIpc) is 3.11. The highest BCUT2D eigenvalue weighted by atomic mass is 32.2. The van der Waals surface area contributed by atoms with Crippen molar-refractivity contribution in [2.24, 2.45) is 0 Å². The third kappa shape index (κ3) is 3.15. The molecule has 1 aromatic carbocycles. The van der Waals surface area contributed by atoms with Gasteiger partial charge in [0.1, 0.15) is 10.7 Å². The van der Waals surface area contributed by atoms with Gasteiger partial charge in [-0.15, -0.1) is 16.9 Å². The molecule has 3 nitrogen and oxygen atoms in total. The molecule has 1 heterocycles. The summed E-state index contributed by atoms with van der Waals surface area (Å²) in [6.45, 7) is 3.15. The summed E-state index contributed by atoms with van der Waals surface area (Å²) in [5.74, 6) is 0.890. The number of hydrogen-bond acceptors (Lipinski definition) is 5. The Bertz CT molecular complexity index is 580. The van der Waals surface area contributed by atoms with Crippen LogP contribution in [0.5, 0.6) is 0 Å².